The van der Waals surface area contributed by atoms with E-state index in [0.717, 1.165) is 24.5 Å². The van der Waals surface area contributed by atoms with Gasteiger partial charge in [0.25, 0.3) is 0 Å². The number of pyridine rings is 1. The molecule has 0 saturated carbocycles. The molecule has 94 valence electrons. The Balaban J connectivity index is 2.21. The minimum Gasteiger partial charge on any atom is -0.372 e. The van der Waals surface area contributed by atoms with Gasteiger partial charge in [0, 0.05) is 25.8 Å². The standard InChI is InChI=1S/C12H18ClN3O/c1-8-6-16(7-9(2)17-8)12-11(13)3-10(4-14)5-15-12/h3,5,8-9H,4,6-7,14H2,1-2H3/t8-,9+. The van der Waals surface area contributed by atoms with E-state index in [1.165, 1.54) is 0 Å². The number of halogens is 1. The quantitative estimate of drug-likeness (QED) is 0.876. The minimum absolute atomic E-state index is 0.200. The number of aromatic nitrogens is 1. The lowest BCUT2D eigenvalue weighted by molar-refractivity contribution is -0.00545. The van der Waals surface area contributed by atoms with Crippen molar-refractivity contribution in [2.75, 3.05) is 18.0 Å². The van der Waals surface area contributed by atoms with Crippen LogP contribution in [-0.2, 0) is 11.3 Å². The van der Waals surface area contributed by atoms with Gasteiger partial charge in [0.05, 0.1) is 17.2 Å². The van der Waals surface area contributed by atoms with Gasteiger partial charge >= 0.3 is 0 Å². The first kappa shape index (κ1) is 12.6. The zero-order valence-corrected chi connectivity index (χ0v) is 10.9. The Hall–Kier alpha value is -0.840. The van der Waals surface area contributed by atoms with Crippen molar-refractivity contribution >= 4 is 17.4 Å². The smallest absolute Gasteiger partial charge is 0.147 e. The third kappa shape index (κ3) is 2.89. The van der Waals surface area contributed by atoms with Gasteiger partial charge < -0.3 is 15.4 Å². The Labute approximate surface area is 107 Å². The maximum Gasteiger partial charge on any atom is 0.147 e. The van der Waals surface area contributed by atoms with E-state index in [1.54, 1.807) is 6.20 Å². The summed E-state index contributed by atoms with van der Waals surface area (Å²) >= 11 is 6.24. The molecule has 0 spiro atoms. The average molecular weight is 256 g/mol. The molecule has 1 fully saturated rings. The number of rotatable bonds is 2. The van der Waals surface area contributed by atoms with Crippen LogP contribution in [0.4, 0.5) is 5.82 Å². The second kappa shape index (κ2) is 5.21. The van der Waals surface area contributed by atoms with Crippen molar-refractivity contribution < 1.29 is 4.74 Å². The summed E-state index contributed by atoms with van der Waals surface area (Å²) in [5, 5.41) is 0.661. The van der Waals surface area contributed by atoms with Crippen molar-refractivity contribution in [3.63, 3.8) is 0 Å². The van der Waals surface area contributed by atoms with E-state index < -0.39 is 0 Å². The highest BCUT2D eigenvalue weighted by Crippen LogP contribution is 2.26. The van der Waals surface area contributed by atoms with Crippen LogP contribution in [0.1, 0.15) is 19.4 Å². The van der Waals surface area contributed by atoms with E-state index in [-0.39, 0.29) is 12.2 Å². The Bertz CT molecular complexity index is 389. The van der Waals surface area contributed by atoms with Crippen molar-refractivity contribution in [2.45, 2.75) is 32.6 Å². The van der Waals surface area contributed by atoms with Gasteiger partial charge in [0.2, 0.25) is 0 Å². The van der Waals surface area contributed by atoms with Crippen molar-refractivity contribution in [2.24, 2.45) is 5.73 Å². The number of anilines is 1. The van der Waals surface area contributed by atoms with Crippen LogP contribution >= 0.6 is 11.6 Å². The highest BCUT2D eigenvalue weighted by atomic mass is 35.5. The third-order valence-corrected chi connectivity index (χ3v) is 3.11. The second-order valence-electron chi connectivity index (χ2n) is 4.52. The SMILES string of the molecule is C[C@@H]1CN(c2ncc(CN)cc2Cl)C[C@H](C)O1. The first-order valence-corrected chi connectivity index (χ1v) is 6.23. The molecule has 0 aliphatic carbocycles. The number of hydrogen-bond donors (Lipinski definition) is 1. The Morgan fingerprint density at radius 3 is 2.65 bits per heavy atom. The van der Waals surface area contributed by atoms with E-state index >= 15 is 0 Å². The molecule has 1 aliphatic heterocycles. The van der Waals surface area contributed by atoms with Gasteiger partial charge in [-0.3, -0.25) is 0 Å². The normalized spacial score (nSPS) is 25.1. The topological polar surface area (TPSA) is 51.4 Å². The molecule has 0 amide bonds. The molecule has 2 heterocycles. The van der Waals surface area contributed by atoms with Gasteiger partial charge in [-0.15, -0.1) is 0 Å². The molecular formula is C12H18ClN3O. The number of nitrogens with two attached hydrogens (primary N) is 1. The zero-order chi connectivity index (χ0) is 12.4. The van der Waals surface area contributed by atoms with Gasteiger partial charge in [-0.2, -0.15) is 0 Å². The molecule has 0 radical (unpaired) electrons. The first-order valence-electron chi connectivity index (χ1n) is 5.85. The van der Waals surface area contributed by atoms with Crippen molar-refractivity contribution in [1.29, 1.82) is 0 Å². The van der Waals surface area contributed by atoms with E-state index in [0.29, 0.717) is 11.6 Å². The molecule has 1 saturated heterocycles. The number of ether oxygens (including phenoxy) is 1. The summed E-state index contributed by atoms with van der Waals surface area (Å²) in [5.74, 6) is 0.825. The fourth-order valence-corrected chi connectivity index (χ4v) is 2.47. The number of hydrogen-bond acceptors (Lipinski definition) is 4. The minimum atomic E-state index is 0.200. The summed E-state index contributed by atoms with van der Waals surface area (Å²) in [6.07, 6.45) is 2.18. The molecule has 2 N–H and O–H groups in total. The highest BCUT2D eigenvalue weighted by molar-refractivity contribution is 6.33. The molecular weight excluding hydrogens is 238 g/mol. The maximum atomic E-state index is 6.24. The zero-order valence-electron chi connectivity index (χ0n) is 10.2. The molecule has 1 aliphatic rings. The molecule has 5 heteroatoms. The van der Waals surface area contributed by atoms with Gasteiger partial charge in [-0.05, 0) is 25.5 Å². The molecule has 1 aromatic rings. The molecule has 0 bridgehead atoms. The van der Waals surface area contributed by atoms with E-state index in [9.17, 15) is 0 Å². The second-order valence-corrected chi connectivity index (χ2v) is 4.92. The monoisotopic (exact) mass is 255 g/mol. The van der Waals surface area contributed by atoms with Crippen LogP contribution in [0.25, 0.3) is 0 Å². The molecule has 4 nitrogen and oxygen atoms in total. The van der Waals surface area contributed by atoms with E-state index in [4.69, 9.17) is 22.1 Å². The van der Waals surface area contributed by atoms with Gasteiger partial charge in [-0.1, -0.05) is 11.6 Å². The predicted molar refractivity (Wildman–Crippen MR) is 69.4 cm³/mol. The summed E-state index contributed by atoms with van der Waals surface area (Å²) in [6, 6.07) is 1.88. The lowest BCUT2D eigenvalue weighted by Crippen LogP contribution is -2.46. The van der Waals surface area contributed by atoms with Crippen LogP contribution < -0.4 is 10.6 Å². The molecule has 2 rings (SSSR count). The lowest BCUT2D eigenvalue weighted by atomic mass is 10.2. The van der Waals surface area contributed by atoms with Crippen LogP contribution in [0, 0.1) is 0 Å². The van der Waals surface area contributed by atoms with Crippen LogP contribution in [0.5, 0.6) is 0 Å². The summed E-state index contributed by atoms with van der Waals surface area (Å²) < 4.78 is 5.69. The molecule has 2 atom stereocenters. The van der Waals surface area contributed by atoms with Crippen LogP contribution in [0.3, 0.4) is 0 Å². The first-order chi connectivity index (χ1) is 8.10. The maximum absolute atomic E-state index is 6.24. The van der Waals surface area contributed by atoms with Gasteiger partial charge in [-0.25, -0.2) is 4.98 Å². The Kier molecular flexibility index (Phi) is 3.86. The molecule has 1 aromatic heterocycles. The highest BCUT2D eigenvalue weighted by Gasteiger charge is 2.24. The number of nitrogens with zero attached hydrogens (tertiary/aromatic N) is 2. The van der Waals surface area contributed by atoms with E-state index in [2.05, 4.69) is 23.7 Å². The van der Waals surface area contributed by atoms with Crippen LogP contribution in [0.15, 0.2) is 12.3 Å². The van der Waals surface area contributed by atoms with Crippen LogP contribution in [-0.4, -0.2) is 30.3 Å². The fourth-order valence-electron chi connectivity index (χ4n) is 2.17. The van der Waals surface area contributed by atoms with Crippen molar-refractivity contribution in [1.82, 2.24) is 4.98 Å². The summed E-state index contributed by atoms with van der Waals surface area (Å²) in [6.45, 7) is 6.22. The average Bonchev–Trinajstić information content (AvgIpc) is 2.27. The Morgan fingerprint density at radius 1 is 1.47 bits per heavy atom. The third-order valence-electron chi connectivity index (χ3n) is 2.83. The summed E-state index contributed by atoms with van der Waals surface area (Å²) in [4.78, 5) is 6.57. The van der Waals surface area contributed by atoms with Gasteiger partial charge in [0.15, 0.2) is 0 Å². The predicted octanol–water partition coefficient (Wildman–Crippen LogP) is 1.81. The molecule has 17 heavy (non-hydrogen) atoms. The number of morpholine rings is 1. The largest absolute Gasteiger partial charge is 0.372 e. The van der Waals surface area contributed by atoms with Crippen LogP contribution in [0.2, 0.25) is 5.02 Å². The lowest BCUT2D eigenvalue weighted by Gasteiger charge is -2.36. The van der Waals surface area contributed by atoms with Crippen molar-refractivity contribution in [3.8, 4) is 0 Å². The molecule has 0 unspecified atom stereocenters. The van der Waals surface area contributed by atoms with Gasteiger partial charge in [0.1, 0.15) is 5.82 Å². The van der Waals surface area contributed by atoms with E-state index in [1.807, 2.05) is 6.07 Å². The summed E-state index contributed by atoms with van der Waals surface area (Å²) in [5.41, 5.74) is 6.51. The molecule has 0 aromatic carbocycles. The van der Waals surface area contributed by atoms with Crippen molar-refractivity contribution in [3.05, 3.63) is 22.8 Å². The fraction of sp³-hybridized carbons (Fsp3) is 0.583. The summed E-state index contributed by atoms with van der Waals surface area (Å²) in [7, 11) is 0. The Morgan fingerprint density at radius 2 is 2.12 bits per heavy atom.